The molecule has 5 fully saturated rings. The van der Waals surface area contributed by atoms with Crippen LogP contribution < -0.4 is 0 Å². The highest BCUT2D eigenvalue weighted by molar-refractivity contribution is 5.87. The van der Waals surface area contributed by atoms with Crippen molar-refractivity contribution < 1.29 is 19.4 Å². The van der Waals surface area contributed by atoms with Crippen molar-refractivity contribution >= 4 is 5.78 Å². The number of rotatable bonds is 1. The van der Waals surface area contributed by atoms with E-state index in [1.165, 1.54) is 11.1 Å². The predicted molar refractivity (Wildman–Crippen MR) is 159 cm³/mol. The second kappa shape index (κ2) is 8.78. The van der Waals surface area contributed by atoms with Crippen LogP contribution in [0.4, 0.5) is 0 Å². The molecule has 8 rings (SSSR count). The molecule has 2 spiro atoms. The summed E-state index contributed by atoms with van der Waals surface area (Å²) in [4.78, 5) is 13.5. The van der Waals surface area contributed by atoms with Crippen molar-refractivity contribution in [2.45, 2.75) is 95.9 Å². The number of aliphatic hydroxyl groups is 1. The topological polar surface area (TPSA) is 79.5 Å². The third-order valence-corrected chi connectivity index (χ3v) is 13.0. The van der Waals surface area contributed by atoms with Gasteiger partial charge in [0.1, 0.15) is 5.78 Å². The highest BCUT2D eigenvalue weighted by atomic mass is 16.7. The van der Waals surface area contributed by atoms with E-state index in [2.05, 4.69) is 45.0 Å². The Kier molecular flexibility index (Phi) is 5.65. The van der Waals surface area contributed by atoms with Crippen LogP contribution in [-0.2, 0) is 20.7 Å². The molecule has 7 atom stereocenters. The third-order valence-electron chi connectivity index (χ3n) is 13.0. The number of fused-ring (bicyclic) bond motifs is 4. The Labute approximate surface area is 249 Å². The Hall–Kier alpha value is -2.52. The van der Waals surface area contributed by atoms with Gasteiger partial charge in [0.25, 0.3) is 0 Å². The summed E-state index contributed by atoms with van der Waals surface area (Å²) in [6.07, 6.45) is 7.44. The van der Waals surface area contributed by atoms with Crippen LogP contribution in [-0.4, -0.2) is 35.5 Å². The summed E-state index contributed by atoms with van der Waals surface area (Å²) in [7, 11) is 0. The molecule has 0 amide bonds. The molecule has 1 aliphatic heterocycles. The molecule has 2 aromatic carbocycles. The van der Waals surface area contributed by atoms with E-state index in [-0.39, 0.29) is 22.2 Å². The van der Waals surface area contributed by atoms with Crippen LogP contribution >= 0.6 is 0 Å². The number of ketones is 1. The van der Waals surface area contributed by atoms with Crippen LogP contribution in [0.25, 0.3) is 11.1 Å². The van der Waals surface area contributed by atoms with Gasteiger partial charge in [-0.3, -0.25) is 4.79 Å². The number of carbonyl (C=O) groups is 1. The lowest BCUT2D eigenvalue weighted by atomic mass is 9.37. The smallest absolute Gasteiger partial charge is 0.171 e. The zero-order valence-electron chi connectivity index (χ0n) is 25.2. The number of hydrogen-bond donors (Lipinski definition) is 1. The van der Waals surface area contributed by atoms with E-state index < -0.39 is 11.4 Å². The second-order valence-corrected chi connectivity index (χ2v) is 15.8. The molecule has 2 aromatic rings. The Bertz CT molecular complexity index is 1490. The van der Waals surface area contributed by atoms with Gasteiger partial charge >= 0.3 is 0 Å². The molecule has 5 heteroatoms. The van der Waals surface area contributed by atoms with Crippen molar-refractivity contribution in [2.24, 2.45) is 34.0 Å². The number of ether oxygens (including phenoxy) is 2. The Morgan fingerprint density at radius 3 is 2.43 bits per heavy atom. The lowest BCUT2D eigenvalue weighted by Gasteiger charge is -2.69. The summed E-state index contributed by atoms with van der Waals surface area (Å²) in [5, 5.41) is 22.2. The van der Waals surface area contributed by atoms with Crippen LogP contribution in [0.2, 0.25) is 0 Å². The fraction of sp³-hybridized carbons (Fsp3) is 0.622. The van der Waals surface area contributed by atoms with Crippen molar-refractivity contribution in [3.8, 4) is 17.2 Å². The average Bonchev–Trinajstić information content (AvgIpc) is 3.28. The summed E-state index contributed by atoms with van der Waals surface area (Å²) in [5.41, 5.74) is 4.23. The molecule has 1 saturated heterocycles. The number of nitrogens with zero attached hydrogens (tertiary/aromatic N) is 1. The van der Waals surface area contributed by atoms with Gasteiger partial charge in [-0.2, -0.15) is 5.26 Å². The molecule has 220 valence electrons. The minimum absolute atomic E-state index is 0.0137. The first-order valence-electron chi connectivity index (χ1n) is 16.2. The first kappa shape index (κ1) is 27.1. The minimum Gasteiger partial charge on any atom is -0.389 e. The molecule has 5 nitrogen and oxygen atoms in total. The highest BCUT2D eigenvalue weighted by Crippen LogP contribution is 2.73. The fourth-order valence-electron chi connectivity index (χ4n) is 11.0. The van der Waals surface area contributed by atoms with Crippen LogP contribution in [0.15, 0.2) is 42.5 Å². The first-order chi connectivity index (χ1) is 20.0. The molecule has 1 heterocycles. The summed E-state index contributed by atoms with van der Waals surface area (Å²) in [6.45, 7) is 7.94. The quantitative estimate of drug-likeness (QED) is 0.405. The summed E-state index contributed by atoms with van der Waals surface area (Å²) in [6, 6.07) is 17.0. The van der Waals surface area contributed by atoms with Gasteiger partial charge in [0.05, 0.1) is 30.4 Å². The zero-order valence-corrected chi connectivity index (χ0v) is 25.2. The maximum atomic E-state index is 13.5. The van der Waals surface area contributed by atoms with Crippen LogP contribution in [0.1, 0.15) is 94.7 Å². The number of nitriles is 1. The molecule has 5 aliphatic carbocycles. The average molecular weight is 566 g/mol. The molecular weight excluding hydrogens is 522 g/mol. The monoisotopic (exact) mass is 565 g/mol. The number of benzene rings is 2. The SMILES string of the molecule is CC1(C)COC2(CC[C@@]34Cc5cc(-c6ccc(C#N)cc6)ccc5C5C[C@]6(C)C(=O)CC[C@H]6[C@H](CC[C@@]3(O)C2)C54)OC1. The van der Waals surface area contributed by atoms with Gasteiger partial charge in [-0.05, 0) is 96.6 Å². The van der Waals surface area contributed by atoms with E-state index >= 15 is 0 Å². The largest absolute Gasteiger partial charge is 0.389 e. The number of carbonyl (C=O) groups excluding carboxylic acids is 1. The lowest BCUT2D eigenvalue weighted by Crippen LogP contribution is -2.70. The summed E-state index contributed by atoms with van der Waals surface area (Å²) >= 11 is 0. The minimum atomic E-state index is -0.870. The Balaban J connectivity index is 1.24. The fourth-order valence-corrected chi connectivity index (χ4v) is 11.0. The molecule has 0 bridgehead atoms. The predicted octanol–water partition coefficient (Wildman–Crippen LogP) is 6.95. The molecule has 4 saturated carbocycles. The third kappa shape index (κ3) is 3.61. The van der Waals surface area contributed by atoms with E-state index in [0.29, 0.717) is 55.2 Å². The van der Waals surface area contributed by atoms with Crippen LogP contribution in [0, 0.1) is 45.3 Å². The van der Waals surface area contributed by atoms with Gasteiger partial charge in [0.15, 0.2) is 5.79 Å². The maximum absolute atomic E-state index is 13.5. The van der Waals surface area contributed by atoms with Crippen molar-refractivity contribution in [1.82, 2.24) is 0 Å². The first-order valence-corrected chi connectivity index (χ1v) is 16.2. The molecule has 1 N–H and O–H groups in total. The molecule has 42 heavy (non-hydrogen) atoms. The summed E-state index contributed by atoms with van der Waals surface area (Å²) in [5.74, 6) is 1.28. The Morgan fingerprint density at radius 2 is 1.69 bits per heavy atom. The van der Waals surface area contributed by atoms with E-state index in [1.807, 2.05) is 24.3 Å². The van der Waals surface area contributed by atoms with Crippen LogP contribution in [0.3, 0.4) is 0 Å². The maximum Gasteiger partial charge on any atom is 0.171 e. The second-order valence-electron chi connectivity index (χ2n) is 15.8. The zero-order chi connectivity index (χ0) is 29.1. The van der Waals surface area contributed by atoms with Crippen molar-refractivity contribution in [3.05, 3.63) is 59.2 Å². The van der Waals surface area contributed by atoms with Gasteiger partial charge in [-0.1, -0.05) is 51.1 Å². The normalized spacial score (nSPS) is 40.8. The number of Topliss-reactive ketones (excluding diaryl/α,β-unsaturated/α-hetero) is 1. The van der Waals surface area contributed by atoms with Gasteiger partial charge < -0.3 is 14.6 Å². The molecular formula is C37H43NO4. The molecule has 0 radical (unpaired) electrons. The van der Waals surface area contributed by atoms with Gasteiger partial charge in [0.2, 0.25) is 0 Å². The van der Waals surface area contributed by atoms with Crippen molar-refractivity contribution in [2.75, 3.05) is 13.2 Å². The van der Waals surface area contributed by atoms with E-state index in [1.54, 1.807) is 0 Å². The van der Waals surface area contributed by atoms with Crippen LogP contribution in [0.5, 0.6) is 0 Å². The van der Waals surface area contributed by atoms with Crippen molar-refractivity contribution in [1.29, 1.82) is 5.26 Å². The molecule has 0 aromatic heterocycles. The van der Waals surface area contributed by atoms with E-state index in [4.69, 9.17) is 9.47 Å². The van der Waals surface area contributed by atoms with Gasteiger partial charge in [-0.15, -0.1) is 0 Å². The van der Waals surface area contributed by atoms with E-state index in [0.717, 1.165) is 56.1 Å². The molecule has 2 unspecified atom stereocenters. The van der Waals surface area contributed by atoms with E-state index in [9.17, 15) is 15.2 Å². The van der Waals surface area contributed by atoms with Gasteiger partial charge in [-0.25, -0.2) is 0 Å². The Morgan fingerprint density at radius 1 is 0.952 bits per heavy atom. The van der Waals surface area contributed by atoms with Gasteiger partial charge in [0, 0.05) is 35.5 Å². The lowest BCUT2D eigenvalue weighted by molar-refractivity contribution is -0.357. The highest BCUT2D eigenvalue weighted by Gasteiger charge is 2.72. The van der Waals surface area contributed by atoms with Crippen molar-refractivity contribution in [3.63, 3.8) is 0 Å². The molecule has 6 aliphatic rings. The standard InChI is InChI=1S/C37H43NO4/c1-33(2)21-41-37(42-22-33)15-14-35-17-26-16-25(24-6-4-23(19-38)5-7-24)8-9-27(26)29-18-34(3)30(10-11-31(34)39)28(32(29)35)12-13-36(35,40)20-37/h4-9,16,28-30,32,40H,10-15,17-18,20-22H2,1-3H3/t28-,29?,30-,32?,34-,35-,36+/m0/s1. The summed E-state index contributed by atoms with van der Waals surface area (Å²) < 4.78 is 13.0. The number of hydrogen-bond acceptors (Lipinski definition) is 5.